The van der Waals surface area contributed by atoms with E-state index in [1.165, 1.54) is 0 Å². The van der Waals surface area contributed by atoms with E-state index in [0.29, 0.717) is 5.82 Å². The molecule has 3 N–H and O–H groups in total. The van der Waals surface area contributed by atoms with Crippen molar-refractivity contribution in [2.24, 2.45) is 0 Å². The fraction of sp³-hybridized carbons (Fsp3) is 0.667. The Bertz CT molecular complexity index is 350. The summed E-state index contributed by atoms with van der Waals surface area (Å²) in [4.78, 5) is 0. The number of nitrogens with two attached hydrogens (primary N) is 1. The van der Waals surface area contributed by atoms with Gasteiger partial charge in [0.2, 0.25) is 0 Å². The molecule has 1 fully saturated rings. The largest absolute Gasteiger partial charge is 0.391 e. The molecule has 0 bridgehead atoms. The Hall–Kier alpha value is -0.550. The molecule has 1 aliphatic carbocycles. The van der Waals surface area contributed by atoms with E-state index in [-0.39, 0.29) is 12.1 Å². The normalized spacial score (nSPS) is 27.1. The minimum Gasteiger partial charge on any atom is -0.391 e. The number of rotatable bonds is 1. The predicted molar refractivity (Wildman–Crippen MR) is 58.0 cm³/mol. The topological polar surface area (TPSA) is 64.1 Å². The van der Waals surface area contributed by atoms with Crippen LogP contribution in [0.1, 0.15) is 31.0 Å². The van der Waals surface area contributed by atoms with Gasteiger partial charge in [-0.15, -0.1) is 0 Å². The zero-order valence-corrected chi connectivity index (χ0v) is 9.66. The fourth-order valence-electron chi connectivity index (χ4n) is 2.00. The van der Waals surface area contributed by atoms with E-state index in [2.05, 4.69) is 21.0 Å². The summed E-state index contributed by atoms with van der Waals surface area (Å²) in [6.07, 6.45) is 2.55. The van der Waals surface area contributed by atoms with Gasteiger partial charge < -0.3 is 10.8 Å². The Morgan fingerprint density at radius 1 is 1.57 bits per heavy atom. The smallest absolute Gasteiger partial charge is 0.136 e. The third-order valence-electron chi connectivity index (χ3n) is 2.81. The van der Waals surface area contributed by atoms with Crippen LogP contribution in [0.4, 0.5) is 5.82 Å². The third kappa shape index (κ3) is 1.44. The van der Waals surface area contributed by atoms with Crippen LogP contribution in [0.15, 0.2) is 4.47 Å². The Labute approximate surface area is 91.2 Å². The molecule has 1 aliphatic rings. The number of aromatic nitrogens is 2. The molecule has 2 unspecified atom stereocenters. The lowest BCUT2D eigenvalue weighted by Crippen LogP contribution is -2.20. The molecular weight excluding hydrogens is 246 g/mol. The second-order valence-corrected chi connectivity index (χ2v) is 4.59. The standard InChI is InChI=1S/C9H14BrN3O/c1-5-8(10)9(11)13(12-5)6-3-2-4-7(6)14/h6-7,14H,2-4,11H2,1H3. The summed E-state index contributed by atoms with van der Waals surface area (Å²) < 4.78 is 2.59. The Morgan fingerprint density at radius 2 is 2.29 bits per heavy atom. The number of halogens is 1. The zero-order chi connectivity index (χ0) is 10.3. The van der Waals surface area contributed by atoms with E-state index in [1.807, 2.05) is 6.92 Å². The van der Waals surface area contributed by atoms with Gasteiger partial charge in [0, 0.05) is 0 Å². The number of aliphatic hydroxyl groups is 1. The van der Waals surface area contributed by atoms with Crippen LogP contribution in [0.25, 0.3) is 0 Å². The molecule has 0 aliphatic heterocycles. The fourth-order valence-corrected chi connectivity index (χ4v) is 2.27. The average Bonchev–Trinajstić information content (AvgIpc) is 2.66. The summed E-state index contributed by atoms with van der Waals surface area (Å²) in [5, 5.41) is 14.1. The van der Waals surface area contributed by atoms with Gasteiger partial charge in [0.05, 0.1) is 22.3 Å². The molecule has 0 spiro atoms. The van der Waals surface area contributed by atoms with Crippen molar-refractivity contribution in [3.05, 3.63) is 10.2 Å². The first-order valence-electron chi connectivity index (χ1n) is 4.79. The van der Waals surface area contributed by atoms with Crippen LogP contribution in [0.2, 0.25) is 0 Å². The maximum atomic E-state index is 9.74. The molecule has 78 valence electrons. The quantitative estimate of drug-likeness (QED) is 0.806. The molecule has 2 rings (SSSR count). The average molecular weight is 260 g/mol. The summed E-state index contributed by atoms with van der Waals surface area (Å²) in [5.74, 6) is 0.619. The van der Waals surface area contributed by atoms with Crippen LogP contribution >= 0.6 is 15.9 Å². The number of hydrogen-bond acceptors (Lipinski definition) is 3. The monoisotopic (exact) mass is 259 g/mol. The SMILES string of the molecule is Cc1nn(C2CCCC2O)c(N)c1Br. The van der Waals surface area contributed by atoms with Crippen LogP contribution in [-0.2, 0) is 0 Å². The minimum atomic E-state index is -0.302. The maximum absolute atomic E-state index is 9.74. The summed E-state index contributed by atoms with van der Waals surface area (Å²) in [7, 11) is 0. The first kappa shape index (κ1) is 9.98. The number of aliphatic hydroxyl groups excluding tert-OH is 1. The number of hydrogen-bond donors (Lipinski definition) is 2. The maximum Gasteiger partial charge on any atom is 0.136 e. The number of anilines is 1. The van der Waals surface area contributed by atoms with E-state index in [9.17, 15) is 5.11 Å². The second-order valence-electron chi connectivity index (χ2n) is 3.79. The predicted octanol–water partition coefficient (Wildman–Crippen LogP) is 1.62. The van der Waals surface area contributed by atoms with Gasteiger partial charge >= 0.3 is 0 Å². The van der Waals surface area contributed by atoms with Gasteiger partial charge in [-0.05, 0) is 42.1 Å². The van der Waals surface area contributed by atoms with Gasteiger partial charge in [-0.25, -0.2) is 4.68 Å². The molecular formula is C9H14BrN3O. The number of nitrogen functional groups attached to an aromatic ring is 1. The molecule has 0 radical (unpaired) electrons. The number of nitrogens with zero attached hydrogens (tertiary/aromatic N) is 2. The van der Waals surface area contributed by atoms with Crippen molar-refractivity contribution in [2.45, 2.75) is 38.3 Å². The van der Waals surface area contributed by atoms with Gasteiger partial charge in [0.1, 0.15) is 5.82 Å². The summed E-state index contributed by atoms with van der Waals surface area (Å²) >= 11 is 3.38. The van der Waals surface area contributed by atoms with Gasteiger partial charge in [0.25, 0.3) is 0 Å². The molecule has 2 atom stereocenters. The van der Waals surface area contributed by atoms with Gasteiger partial charge in [-0.2, -0.15) is 5.10 Å². The first-order chi connectivity index (χ1) is 6.61. The molecule has 5 heteroatoms. The van der Waals surface area contributed by atoms with Crippen molar-refractivity contribution in [1.29, 1.82) is 0 Å². The molecule has 14 heavy (non-hydrogen) atoms. The van der Waals surface area contributed by atoms with Gasteiger partial charge in [-0.1, -0.05) is 0 Å². The highest BCUT2D eigenvalue weighted by Crippen LogP contribution is 2.34. The Morgan fingerprint density at radius 3 is 2.71 bits per heavy atom. The van der Waals surface area contributed by atoms with Crippen LogP contribution < -0.4 is 5.73 Å². The lowest BCUT2D eigenvalue weighted by Gasteiger charge is -2.16. The van der Waals surface area contributed by atoms with Crippen LogP contribution in [0, 0.1) is 6.92 Å². The van der Waals surface area contributed by atoms with Crippen molar-refractivity contribution < 1.29 is 5.11 Å². The van der Waals surface area contributed by atoms with Crippen molar-refractivity contribution in [2.75, 3.05) is 5.73 Å². The zero-order valence-electron chi connectivity index (χ0n) is 8.07. The highest BCUT2D eigenvalue weighted by Gasteiger charge is 2.29. The highest BCUT2D eigenvalue weighted by molar-refractivity contribution is 9.10. The van der Waals surface area contributed by atoms with Crippen molar-refractivity contribution >= 4 is 21.7 Å². The lowest BCUT2D eigenvalue weighted by molar-refractivity contribution is 0.131. The molecule has 0 aromatic carbocycles. The molecule has 1 aromatic heterocycles. The van der Waals surface area contributed by atoms with E-state index in [4.69, 9.17) is 5.73 Å². The van der Waals surface area contributed by atoms with E-state index < -0.39 is 0 Å². The molecule has 1 heterocycles. The number of aryl methyl sites for hydroxylation is 1. The summed E-state index contributed by atoms with van der Waals surface area (Å²) in [6.45, 7) is 1.90. The third-order valence-corrected chi connectivity index (χ3v) is 3.79. The Kier molecular flexibility index (Phi) is 2.53. The highest BCUT2D eigenvalue weighted by atomic mass is 79.9. The van der Waals surface area contributed by atoms with E-state index in [1.54, 1.807) is 4.68 Å². The molecule has 0 amide bonds. The summed E-state index contributed by atoms with van der Waals surface area (Å²) in [5.41, 5.74) is 6.76. The van der Waals surface area contributed by atoms with E-state index >= 15 is 0 Å². The van der Waals surface area contributed by atoms with Gasteiger partial charge in [-0.3, -0.25) is 0 Å². The van der Waals surface area contributed by atoms with Crippen molar-refractivity contribution in [1.82, 2.24) is 9.78 Å². The van der Waals surface area contributed by atoms with Crippen molar-refractivity contribution in [3.8, 4) is 0 Å². The first-order valence-corrected chi connectivity index (χ1v) is 5.58. The molecule has 4 nitrogen and oxygen atoms in total. The summed E-state index contributed by atoms with van der Waals surface area (Å²) in [6, 6.07) is 0.0556. The second kappa shape index (κ2) is 3.55. The lowest BCUT2D eigenvalue weighted by atomic mass is 10.2. The minimum absolute atomic E-state index is 0.0556. The molecule has 1 aromatic rings. The van der Waals surface area contributed by atoms with Crippen LogP contribution in [0.3, 0.4) is 0 Å². The molecule has 1 saturated carbocycles. The van der Waals surface area contributed by atoms with Crippen molar-refractivity contribution in [3.63, 3.8) is 0 Å². The van der Waals surface area contributed by atoms with Crippen LogP contribution in [0.5, 0.6) is 0 Å². The Balaban J connectivity index is 2.36. The van der Waals surface area contributed by atoms with E-state index in [0.717, 1.165) is 29.4 Å². The molecule has 0 saturated heterocycles. The van der Waals surface area contributed by atoms with Gasteiger partial charge in [0.15, 0.2) is 0 Å². The van der Waals surface area contributed by atoms with Crippen LogP contribution in [-0.4, -0.2) is 21.0 Å².